The molecule has 0 fully saturated rings. The van der Waals surface area contributed by atoms with E-state index in [9.17, 15) is 4.39 Å². The number of halogens is 1. The van der Waals surface area contributed by atoms with Gasteiger partial charge in [0.1, 0.15) is 5.82 Å². The normalized spacial score (nSPS) is 18.0. The average Bonchev–Trinajstić information content (AvgIpc) is 3.22. The van der Waals surface area contributed by atoms with Gasteiger partial charge in [-0.3, -0.25) is 0 Å². The standard InChI is InChI=1S/C19H15FN2O2/c20-14-5-3-12(4-6-14)19-15-2-1-7-22(15)16-9-18-17(23-11-24-18)8-13(16)10-21-19/h1-9,19,21H,10-11H2. The van der Waals surface area contributed by atoms with Gasteiger partial charge in [-0.15, -0.1) is 0 Å². The van der Waals surface area contributed by atoms with Gasteiger partial charge < -0.3 is 19.4 Å². The fourth-order valence-electron chi connectivity index (χ4n) is 3.45. The summed E-state index contributed by atoms with van der Waals surface area (Å²) in [5, 5.41) is 3.57. The molecule has 4 nitrogen and oxygen atoms in total. The number of nitrogens with one attached hydrogen (secondary N) is 1. The number of nitrogens with zero attached hydrogens (tertiary/aromatic N) is 1. The number of fused-ring (bicyclic) bond motifs is 4. The Labute approximate surface area is 138 Å². The lowest BCUT2D eigenvalue weighted by Crippen LogP contribution is -2.21. The first-order valence-electron chi connectivity index (χ1n) is 7.88. The van der Waals surface area contributed by atoms with Gasteiger partial charge in [0, 0.05) is 24.5 Å². The number of aromatic nitrogens is 1. The van der Waals surface area contributed by atoms with Gasteiger partial charge in [0.2, 0.25) is 6.79 Å². The summed E-state index contributed by atoms with van der Waals surface area (Å²) in [5.41, 5.74) is 4.36. The number of hydrogen-bond donors (Lipinski definition) is 1. The first kappa shape index (κ1) is 13.6. The Balaban J connectivity index is 1.65. The molecular formula is C19H15FN2O2. The highest BCUT2D eigenvalue weighted by Crippen LogP contribution is 2.39. The van der Waals surface area contributed by atoms with E-state index in [4.69, 9.17) is 9.47 Å². The Kier molecular flexibility index (Phi) is 2.90. The Bertz CT molecular complexity index is 918. The molecule has 1 aromatic heterocycles. The van der Waals surface area contributed by atoms with Crippen LogP contribution in [0.5, 0.6) is 11.5 Å². The van der Waals surface area contributed by atoms with Crippen LogP contribution in [0.4, 0.5) is 4.39 Å². The predicted molar refractivity (Wildman–Crippen MR) is 87.0 cm³/mol. The Morgan fingerprint density at radius 1 is 1.04 bits per heavy atom. The van der Waals surface area contributed by atoms with Crippen molar-refractivity contribution in [1.29, 1.82) is 0 Å². The zero-order valence-corrected chi connectivity index (χ0v) is 12.8. The molecule has 0 saturated carbocycles. The molecule has 1 unspecified atom stereocenters. The maximum Gasteiger partial charge on any atom is 0.231 e. The molecule has 0 spiro atoms. The van der Waals surface area contributed by atoms with Crippen LogP contribution in [0, 0.1) is 5.82 Å². The Hall–Kier alpha value is -2.79. The van der Waals surface area contributed by atoms with Gasteiger partial charge >= 0.3 is 0 Å². The molecule has 0 amide bonds. The van der Waals surface area contributed by atoms with Crippen LogP contribution >= 0.6 is 0 Å². The van der Waals surface area contributed by atoms with E-state index in [2.05, 4.69) is 16.0 Å². The van der Waals surface area contributed by atoms with E-state index < -0.39 is 0 Å². The number of hydrogen-bond acceptors (Lipinski definition) is 3. The zero-order chi connectivity index (χ0) is 16.1. The third-order valence-electron chi connectivity index (χ3n) is 4.61. The maximum absolute atomic E-state index is 13.3. The van der Waals surface area contributed by atoms with Crippen molar-refractivity contribution in [1.82, 2.24) is 9.88 Å². The summed E-state index contributed by atoms with van der Waals surface area (Å²) < 4.78 is 26.4. The van der Waals surface area contributed by atoms with Crippen LogP contribution in [0.15, 0.2) is 54.7 Å². The van der Waals surface area contributed by atoms with Crippen molar-refractivity contribution < 1.29 is 13.9 Å². The van der Waals surface area contributed by atoms with Crippen molar-refractivity contribution >= 4 is 0 Å². The lowest BCUT2D eigenvalue weighted by Gasteiger charge is -2.18. The minimum Gasteiger partial charge on any atom is -0.454 e. The molecule has 0 saturated heterocycles. The van der Waals surface area contributed by atoms with E-state index >= 15 is 0 Å². The lowest BCUT2D eigenvalue weighted by molar-refractivity contribution is 0.174. The maximum atomic E-state index is 13.3. The van der Waals surface area contributed by atoms with Gasteiger partial charge in [0.05, 0.1) is 11.7 Å². The molecule has 2 aliphatic rings. The molecule has 3 aromatic rings. The van der Waals surface area contributed by atoms with E-state index in [0.717, 1.165) is 34.0 Å². The van der Waals surface area contributed by atoms with Crippen molar-refractivity contribution in [2.75, 3.05) is 6.79 Å². The summed E-state index contributed by atoms with van der Waals surface area (Å²) >= 11 is 0. The van der Waals surface area contributed by atoms with Gasteiger partial charge in [-0.2, -0.15) is 0 Å². The van der Waals surface area contributed by atoms with Gasteiger partial charge in [-0.1, -0.05) is 12.1 Å². The Morgan fingerprint density at radius 2 is 1.83 bits per heavy atom. The van der Waals surface area contributed by atoms with Crippen molar-refractivity contribution in [3.63, 3.8) is 0 Å². The molecule has 0 bridgehead atoms. The van der Waals surface area contributed by atoms with Crippen molar-refractivity contribution in [3.05, 3.63) is 77.4 Å². The van der Waals surface area contributed by atoms with Gasteiger partial charge in [-0.05, 0) is 41.5 Å². The number of benzene rings is 2. The summed E-state index contributed by atoms with van der Waals surface area (Å²) in [6, 6.07) is 14.8. The molecule has 5 rings (SSSR count). The van der Waals surface area contributed by atoms with Crippen molar-refractivity contribution in [2.45, 2.75) is 12.6 Å². The van der Waals surface area contributed by atoms with Crippen LogP contribution in [0.1, 0.15) is 22.9 Å². The van der Waals surface area contributed by atoms with E-state index in [-0.39, 0.29) is 18.7 Å². The SMILES string of the molecule is Fc1ccc(C2NCc3cc4c(cc3-n3cccc32)OCO4)cc1. The van der Waals surface area contributed by atoms with Crippen LogP contribution in [-0.4, -0.2) is 11.4 Å². The third-order valence-corrected chi connectivity index (χ3v) is 4.61. The van der Waals surface area contributed by atoms with Crippen LogP contribution in [0.3, 0.4) is 0 Å². The summed E-state index contributed by atoms with van der Waals surface area (Å²) in [6.07, 6.45) is 2.04. The van der Waals surface area contributed by atoms with E-state index in [1.54, 1.807) is 0 Å². The third kappa shape index (κ3) is 2.02. The molecule has 1 atom stereocenters. The molecule has 3 heterocycles. The topological polar surface area (TPSA) is 35.4 Å². The monoisotopic (exact) mass is 322 g/mol. The van der Waals surface area contributed by atoms with Gasteiger partial charge in [0.25, 0.3) is 0 Å². The minimum absolute atomic E-state index is 0.00956. The quantitative estimate of drug-likeness (QED) is 0.744. The van der Waals surface area contributed by atoms with Gasteiger partial charge in [-0.25, -0.2) is 4.39 Å². The molecule has 1 N–H and O–H groups in total. The highest BCUT2D eigenvalue weighted by atomic mass is 19.1. The van der Waals surface area contributed by atoms with Crippen LogP contribution < -0.4 is 14.8 Å². The van der Waals surface area contributed by atoms with E-state index in [1.807, 2.05) is 36.5 Å². The van der Waals surface area contributed by atoms with Crippen molar-refractivity contribution in [3.8, 4) is 17.2 Å². The highest BCUT2D eigenvalue weighted by Gasteiger charge is 2.25. The van der Waals surface area contributed by atoms with Crippen LogP contribution in [0.2, 0.25) is 0 Å². The Morgan fingerprint density at radius 3 is 2.67 bits per heavy atom. The summed E-state index contributed by atoms with van der Waals surface area (Å²) in [6.45, 7) is 0.956. The zero-order valence-electron chi connectivity index (χ0n) is 12.8. The van der Waals surface area contributed by atoms with E-state index in [1.165, 1.54) is 12.1 Å². The lowest BCUT2D eigenvalue weighted by atomic mass is 10.0. The van der Waals surface area contributed by atoms with Gasteiger partial charge in [0.15, 0.2) is 11.5 Å². The van der Waals surface area contributed by atoms with Crippen LogP contribution in [-0.2, 0) is 6.54 Å². The molecule has 0 radical (unpaired) electrons. The minimum atomic E-state index is -0.225. The van der Waals surface area contributed by atoms with Crippen LogP contribution in [0.25, 0.3) is 5.69 Å². The highest BCUT2D eigenvalue weighted by molar-refractivity contribution is 5.57. The molecule has 120 valence electrons. The predicted octanol–water partition coefficient (Wildman–Crippen LogP) is 3.54. The molecule has 0 aliphatic carbocycles. The molecule has 5 heteroatoms. The second-order valence-electron chi connectivity index (χ2n) is 6.00. The second-order valence-corrected chi connectivity index (χ2v) is 6.00. The fourth-order valence-corrected chi connectivity index (χ4v) is 3.45. The smallest absolute Gasteiger partial charge is 0.231 e. The first-order chi connectivity index (χ1) is 11.8. The molecule has 2 aromatic carbocycles. The number of ether oxygens (including phenoxy) is 2. The number of rotatable bonds is 1. The molecule has 2 aliphatic heterocycles. The summed E-state index contributed by atoms with van der Waals surface area (Å²) in [7, 11) is 0. The van der Waals surface area contributed by atoms with Crippen molar-refractivity contribution in [2.24, 2.45) is 0 Å². The average molecular weight is 322 g/mol. The molecule has 24 heavy (non-hydrogen) atoms. The van der Waals surface area contributed by atoms with E-state index in [0.29, 0.717) is 6.54 Å². The summed E-state index contributed by atoms with van der Waals surface area (Å²) in [4.78, 5) is 0. The second kappa shape index (κ2) is 5.11. The first-order valence-corrected chi connectivity index (χ1v) is 7.88. The largest absolute Gasteiger partial charge is 0.454 e. The molecular weight excluding hydrogens is 307 g/mol. The summed E-state index contributed by atoms with van der Waals surface area (Å²) in [5.74, 6) is 1.33. The fraction of sp³-hybridized carbons (Fsp3) is 0.158.